The molecule has 2 N–H and O–H groups in total. The molecule has 8 heteroatoms. The predicted molar refractivity (Wildman–Crippen MR) is 120 cm³/mol. The van der Waals surface area contributed by atoms with E-state index in [4.69, 9.17) is 4.98 Å². The highest BCUT2D eigenvalue weighted by atomic mass is 32.1. The third kappa shape index (κ3) is 4.81. The molecule has 0 bridgehead atoms. The lowest BCUT2D eigenvalue weighted by atomic mass is 9.90. The Kier molecular flexibility index (Phi) is 6.02. The summed E-state index contributed by atoms with van der Waals surface area (Å²) in [5, 5.41) is 14.5. The summed E-state index contributed by atoms with van der Waals surface area (Å²) in [5.41, 5.74) is -0.683. The Morgan fingerprint density at radius 2 is 1.84 bits per heavy atom. The number of fused-ring (bicyclic) bond motifs is 1. The second-order valence-electron chi connectivity index (χ2n) is 8.84. The highest BCUT2D eigenvalue weighted by Gasteiger charge is 2.31. The van der Waals surface area contributed by atoms with Crippen molar-refractivity contribution >= 4 is 33.1 Å². The molecule has 1 amide bonds. The van der Waals surface area contributed by atoms with E-state index in [1.165, 1.54) is 31.4 Å². The van der Waals surface area contributed by atoms with Crippen LogP contribution in [0.25, 0.3) is 10.2 Å². The Bertz CT molecular complexity index is 1140. The summed E-state index contributed by atoms with van der Waals surface area (Å²) in [6.45, 7) is 3.20. The van der Waals surface area contributed by atoms with Crippen molar-refractivity contribution in [1.82, 2.24) is 4.98 Å². The Labute approximate surface area is 188 Å². The van der Waals surface area contributed by atoms with Crippen LogP contribution in [0.2, 0.25) is 0 Å². The van der Waals surface area contributed by atoms with Crippen molar-refractivity contribution in [1.29, 1.82) is 0 Å². The number of nitrogens with zero attached hydrogens (tertiary/aromatic N) is 1. The molecule has 2 aromatic carbocycles. The number of aromatic nitrogens is 1. The fourth-order valence-corrected chi connectivity index (χ4v) is 5.31. The summed E-state index contributed by atoms with van der Waals surface area (Å²) in [7, 11) is 0. The molecule has 0 spiro atoms. The molecule has 32 heavy (non-hydrogen) atoms. The lowest BCUT2D eigenvalue weighted by Crippen LogP contribution is -2.21. The standard InChI is InChI=1S/C24H25F3N2O2S/c1-23(2,31)17-12-19-20(32-22(29-19)14-7-4-3-5-8-14)13-18(17)28-21(30)15-9-6-10-16(11-15)24(25,26)27/h6,9-14,31H,3-5,7-8H2,1-2H3,(H,28,30). The molecule has 1 heterocycles. The molecule has 1 fully saturated rings. The number of carbonyl (C=O) groups excluding carboxylic acids is 1. The van der Waals surface area contributed by atoms with Crippen molar-refractivity contribution in [2.45, 2.75) is 63.6 Å². The van der Waals surface area contributed by atoms with Crippen molar-refractivity contribution in [3.8, 4) is 0 Å². The van der Waals surface area contributed by atoms with Crippen LogP contribution in [0, 0.1) is 0 Å². The van der Waals surface area contributed by atoms with Gasteiger partial charge < -0.3 is 10.4 Å². The minimum absolute atomic E-state index is 0.103. The Morgan fingerprint density at radius 1 is 1.12 bits per heavy atom. The van der Waals surface area contributed by atoms with Gasteiger partial charge in [0.1, 0.15) is 0 Å². The number of hydrogen-bond donors (Lipinski definition) is 2. The van der Waals surface area contributed by atoms with Crippen LogP contribution in [-0.2, 0) is 11.8 Å². The minimum Gasteiger partial charge on any atom is -0.386 e. The first-order valence-corrected chi connectivity index (χ1v) is 11.5. The lowest BCUT2D eigenvalue weighted by Gasteiger charge is -2.22. The first-order valence-electron chi connectivity index (χ1n) is 10.7. The molecule has 3 aromatic rings. The predicted octanol–water partition coefficient (Wildman–Crippen LogP) is 6.84. The Balaban J connectivity index is 1.69. The Morgan fingerprint density at radius 3 is 2.50 bits per heavy atom. The highest BCUT2D eigenvalue weighted by molar-refractivity contribution is 7.18. The van der Waals surface area contributed by atoms with Gasteiger partial charge in [0.05, 0.1) is 26.4 Å². The lowest BCUT2D eigenvalue weighted by molar-refractivity contribution is -0.137. The van der Waals surface area contributed by atoms with Gasteiger partial charge in [-0.05, 0) is 57.0 Å². The molecule has 0 radical (unpaired) electrons. The van der Waals surface area contributed by atoms with E-state index in [0.29, 0.717) is 17.2 Å². The number of anilines is 1. The van der Waals surface area contributed by atoms with Crippen molar-refractivity contribution in [2.75, 3.05) is 5.32 Å². The molecule has 1 aliphatic carbocycles. The molecule has 0 unspecified atom stereocenters. The van der Waals surface area contributed by atoms with Crippen LogP contribution < -0.4 is 5.32 Å². The van der Waals surface area contributed by atoms with Gasteiger partial charge in [0.2, 0.25) is 0 Å². The Hall–Kier alpha value is -2.45. The molecular formula is C24H25F3N2O2S. The minimum atomic E-state index is -4.54. The van der Waals surface area contributed by atoms with Gasteiger partial charge in [-0.2, -0.15) is 13.2 Å². The molecule has 170 valence electrons. The molecule has 1 saturated carbocycles. The molecular weight excluding hydrogens is 437 g/mol. The number of amides is 1. The number of benzene rings is 2. The van der Waals surface area contributed by atoms with E-state index in [1.807, 2.05) is 0 Å². The normalized spacial score (nSPS) is 15.8. The van der Waals surface area contributed by atoms with Crippen LogP contribution in [-0.4, -0.2) is 16.0 Å². The molecule has 4 nitrogen and oxygen atoms in total. The number of rotatable bonds is 4. The molecule has 4 rings (SSSR count). The fraction of sp³-hybridized carbons (Fsp3) is 0.417. The van der Waals surface area contributed by atoms with E-state index >= 15 is 0 Å². The summed E-state index contributed by atoms with van der Waals surface area (Å²) < 4.78 is 40.0. The van der Waals surface area contributed by atoms with Gasteiger partial charge in [-0.25, -0.2) is 4.98 Å². The van der Waals surface area contributed by atoms with E-state index < -0.39 is 23.2 Å². The summed E-state index contributed by atoms with van der Waals surface area (Å²) in [4.78, 5) is 17.6. The largest absolute Gasteiger partial charge is 0.416 e. The molecule has 1 aromatic heterocycles. The van der Waals surface area contributed by atoms with Gasteiger partial charge in [-0.1, -0.05) is 25.3 Å². The van der Waals surface area contributed by atoms with Crippen LogP contribution in [0.15, 0.2) is 36.4 Å². The maximum absolute atomic E-state index is 13.0. The number of hydrogen-bond acceptors (Lipinski definition) is 4. The number of thiazole rings is 1. The maximum atomic E-state index is 13.0. The van der Waals surface area contributed by atoms with Crippen molar-refractivity contribution in [2.24, 2.45) is 0 Å². The summed E-state index contributed by atoms with van der Waals surface area (Å²) in [6.07, 6.45) is 1.30. The van der Waals surface area contributed by atoms with Crippen molar-refractivity contribution in [3.63, 3.8) is 0 Å². The average molecular weight is 463 g/mol. The van der Waals surface area contributed by atoms with Gasteiger partial charge in [0.15, 0.2) is 0 Å². The van der Waals surface area contributed by atoms with Gasteiger partial charge in [-0.15, -0.1) is 11.3 Å². The summed E-state index contributed by atoms with van der Waals surface area (Å²) in [6, 6.07) is 7.82. The first-order chi connectivity index (χ1) is 15.0. The highest BCUT2D eigenvalue weighted by Crippen LogP contribution is 2.40. The van der Waals surface area contributed by atoms with Gasteiger partial charge in [0.25, 0.3) is 5.91 Å². The number of aliphatic hydroxyl groups is 1. The zero-order valence-corrected chi connectivity index (χ0v) is 18.7. The van der Waals surface area contributed by atoms with Gasteiger partial charge in [-0.3, -0.25) is 4.79 Å². The van der Waals surface area contributed by atoms with Crippen LogP contribution >= 0.6 is 11.3 Å². The van der Waals surface area contributed by atoms with Crippen LogP contribution in [0.1, 0.15) is 78.4 Å². The molecule has 0 saturated heterocycles. The van der Waals surface area contributed by atoms with Crippen molar-refractivity contribution in [3.05, 3.63) is 58.1 Å². The van der Waals surface area contributed by atoms with Gasteiger partial charge in [0, 0.05) is 22.7 Å². The van der Waals surface area contributed by atoms with Crippen LogP contribution in [0.4, 0.5) is 18.9 Å². The molecule has 1 aliphatic rings. The molecule has 0 aliphatic heterocycles. The summed E-state index contributed by atoms with van der Waals surface area (Å²) in [5.74, 6) is -0.243. The number of halogens is 3. The second-order valence-corrected chi connectivity index (χ2v) is 9.91. The SMILES string of the molecule is CC(C)(O)c1cc2nc(C3CCCCC3)sc2cc1NC(=O)c1cccc(C(F)(F)F)c1. The van der Waals surface area contributed by atoms with E-state index in [1.54, 1.807) is 37.3 Å². The van der Waals surface area contributed by atoms with Gasteiger partial charge >= 0.3 is 6.18 Å². The maximum Gasteiger partial charge on any atom is 0.416 e. The van der Waals surface area contributed by atoms with Crippen molar-refractivity contribution < 1.29 is 23.1 Å². The quantitative estimate of drug-likeness (QED) is 0.446. The number of nitrogens with one attached hydrogen (secondary N) is 1. The number of carbonyl (C=O) groups is 1. The zero-order chi connectivity index (χ0) is 23.1. The third-order valence-corrected chi connectivity index (χ3v) is 7.04. The van der Waals surface area contributed by atoms with Crippen LogP contribution in [0.5, 0.6) is 0 Å². The van der Waals surface area contributed by atoms with Crippen LogP contribution in [0.3, 0.4) is 0 Å². The smallest absolute Gasteiger partial charge is 0.386 e. The first kappa shape index (κ1) is 22.7. The monoisotopic (exact) mass is 462 g/mol. The molecule has 0 atom stereocenters. The average Bonchev–Trinajstić information content (AvgIpc) is 3.16. The van der Waals surface area contributed by atoms with E-state index in [2.05, 4.69) is 5.32 Å². The third-order valence-electron chi connectivity index (χ3n) is 5.86. The number of alkyl halides is 3. The fourth-order valence-electron chi connectivity index (χ4n) is 4.16. The van der Waals surface area contributed by atoms with E-state index in [-0.39, 0.29) is 5.56 Å². The zero-order valence-electron chi connectivity index (χ0n) is 17.9. The van der Waals surface area contributed by atoms with E-state index in [0.717, 1.165) is 40.2 Å². The second kappa shape index (κ2) is 8.48. The summed E-state index contributed by atoms with van der Waals surface area (Å²) >= 11 is 1.57. The van der Waals surface area contributed by atoms with E-state index in [9.17, 15) is 23.1 Å². The topological polar surface area (TPSA) is 62.2 Å².